The molecule has 5 rings (SSSR count). The number of rotatable bonds is 6. The number of H-pyrrole nitrogens is 2. The van der Waals surface area contributed by atoms with Crippen LogP contribution in [0.5, 0.6) is 0 Å². The molecule has 0 radical (unpaired) electrons. The summed E-state index contributed by atoms with van der Waals surface area (Å²) < 4.78 is 0. The number of aromatic nitrogens is 2. The Morgan fingerprint density at radius 3 is 1.39 bits per heavy atom. The van der Waals surface area contributed by atoms with Gasteiger partial charge < -0.3 is 9.97 Å². The van der Waals surface area contributed by atoms with Crippen molar-refractivity contribution in [3.8, 4) is 22.5 Å². The predicted octanol–water partition coefficient (Wildman–Crippen LogP) is 5.89. The molecule has 2 N–H and O–H groups in total. The van der Waals surface area contributed by atoms with Crippen LogP contribution in [0.25, 0.3) is 44.3 Å². The van der Waals surface area contributed by atoms with Crippen molar-refractivity contribution in [1.29, 1.82) is 0 Å². The number of Topliss-reactive ketones (excluding diaryl/α,β-unsaturated/α-hetero) is 2. The minimum Gasteiger partial charge on any atom is -0.354 e. The van der Waals surface area contributed by atoms with E-state index in [1.54, 1.807) is 62.4 Å². The number of carbonyl (C=O) groups is 2. The Balaban J connectivity index is 1.71. The standard InChI is InChI=1S/C30H24N2O4/c1-3-27(33)19-11-7-5-9-17(19)25-15-29(35)21-14-24-22(13-23(21)31-25)30(36)16-26(32-24)18-10-6-8-12-20(18)28(34)4-2/h5-16H,3-4H2,1-2H3,(H,31,35)(H,32,36). The molecule has 0 bridgehead atoms. The van der Waals surface area contributed by atoms with Crippen LogP contribution >= 0.6 is 0 Å². The normalized spacial score (nSPS) is 11.2. The van der Waals surface area contributed by atoms with Crippen molar-refractivity contribution >= 4 is 33.4 Å². The Morgan fingerprint density at radius 2 is 1.00 bits per heavy atom. The molecule has 2 heterocycles. The average molecular weight is 477 g/mol. The van der Waals surface area contributed by atoms with Crippen LogP contribution in [0.15, 0.2) is 82.4 Å². The van der Waals surface area contributed by atoms with Crippen LogP contribution in [-0.4, -0.2) is 21.5 Å². The fraction of sp³-hybridized carbons (Fsp3) is 0.133. The van der Waals surface area contributed by atoms with Crippen LogP contribution in [0.2, 0.25) is 0 Å². The molecule has 0 aliphatic heterocycles. The van der Waals surface area contributed by atoms with Gasteiger partial charge in [-0.1, -0.05) is 62.4 Å². The number of aromatic amines is 2. The SMILES string of the molecule is CCC(=O)c1ccccc1-c1cc(=O)c2cc3[nH]c(-c4ccccc4C(=O)CC)cc(=O)c3cc2[nH]1. The van der Waals surface area contributed by atoms with Gasteiger partial charge in [0.05, 0.1) is 22.4 Å². The van der Waals surface area contributed by atoms with E-state index in [4.69, 9.17) is 0 Å². The van der Waals surface area contributed by atoms with Crippen LogP contribution in [0.3, 0.4) is 0 Å². The number of hydrogen-bond donors (Lipinski definition) is 2. The number of fused-ring (bicyclic) bond motifs is 2. The second-order valence-electron chi connectivity index (χ2n) is 8.68. The number of benzene rings is 3. The van der Waals surface area contributed by atoms with E-state index < -0.39 is 0 Å². The van der Waals surface area contributed by atoms with Gasteiger partial charge in [0.15, 0.2) is 22.4 Å². The van der Waals surface area contributed by atoms with E-state index in [0.717, 1.165) is 0 Å². The highest BCUT2D eigenvalue weighted by atomic mass is 16.1. The number of carbonyl (C=O) groups excluding carboxylic acids is 2. The van der Waals surface area contributed by atoms with Crippen LogP contribution in [-0.2, 0) is 0 Å². The zero-order valence-electron chi connectivity index (χ0n) is 20.0. The highest BCUT2D eigenvalue weighted by Crippen LogP contribution is 2.27. The van der Waals surface area contributed by atoms with Gasteiger partial charge in [-0.2, -0.15) is 0 Å². The summed E-state index contributed by atoms with van der Waals surface area (Å²) in [6.45, 7) is 3.59. The lowest BCUT2D eigenvalue weighted by atomic mass is 9.98. The molecule has 0 spiro atoms. The van der Waals surface area contributed by atoms with Gasteiger partial charge >= 0.3 is 0 Å². The van der Waals surface area contributed by atoms with Crippen molar-refractivity contribution in [3.05, 3.63) is 104 Å². The molecule has 36 heavy (non-hydrogen) atoms. The number of nitrogens with one attached hydrogen (secondary N) is 2. The lowest BCUT2D eigenvalue weighted by Crippen LogP contribution is -2.09. The molecule has 0 atom stereocenters. The van der Waals surface area contributed by atoms with Gasteiger partial charge in [-0.25, -0.2) is 0 Å². The Morgan fingerprint density at radius 1 is 0.611 bits per heavy atom. The summed E-state index contributed by atoms with van der Waals surface area (Å²) >= 11 is 0. The molecular weight excluding hydrogens is 452 g/mol. The van der Waals surface area contributed by atoms with Gasteiger partial charge in [0, 0.05) is 58.0 Å². The van der Waals surface area contributed by atoms with Crippen LogP contribution in [0.4, 0.5) is 0 Å². The molecule has 0 aliphatic rings. The second-order valence-corrected chi connectivity index (χ2v) is 8.68. The maximum absolute atomic E-state index is 13.1. The van der Waals surface area contributed by atoms with Crippen molar-refractivity contribution in [3.63, 3.8) is 0 Å². The van der Waals surface area contributed by atoms with Crippen LogP contribution in [0.1, 0.15) is 47.4 Å². The smallest absolute Gasteiger partial charge is 0.190 e. The Bertz CT molecular complexity index is 1660. The van der Waals surface area contributed by atoms with Gasteiger partial charge in [-0.05, 0) is 12.1 Å². The molecule has 5 aromatic rings. The van der Waals surface area contributed by atoms with Gasteiger partial charge in [0.1, 0.15) is 0 Å². The van der Waals surface area contributed by atoms with Crippen molar-refractivity contribution in [2.75, 3.05) is 0 Å². The molecule has 6 heteroatoms. The van der Waals surface area contributed by atoms with E-state index in [9.17, 15) is 19.2 Å². The predicted molar refractivity (Wildman–Crippen MR) is 143 cm³/mol. The Labute approximate surface area is 206 Å². The van der Waals surface area contributed by atoms with E-state index >= 15 is 0 Å². The maximum Gasteiger partial charge on any atom is 0.190 e. The third-order valence-electron chi connectivity index (χ3n) is 6.46. The lowest BCUT2D eigenvalue weighted by Gasteiger charge is -2.11. The van der Waals surface area contributed by atoms with Crippen LogP contribution < -0.4 is 10.9 Å². The van der Waals surface area contributed by atoms with Gasteiger partial charge in [-0.15, -0.1) is 0 Å². The number of ketones is 2. The lowest BCUT2D eigenvalue weighted by molar-refractivity contribution is 0.0981. The third-order valence-corrected chi connectivity index (χ3v) is 6.46. The molecule has 0 amide bonds. The summed E-state index contributed by atoms with van der Waals surface area (Å²) in [6, 6.07) is 20.6. The molecule has 0 saturated carbocycles. The monoisotopic (exact) mass is 476 g/mol. The van der Waals surface area contributed by atoms with Gasteiger partial charge in [0.2, 0.25) is 0 Å². The molecule has 6 nitrogen and oxygen atoms in total. The minimum atomic E-state index is -0.229. The first-order chi connectivity index (χ1) is 17.4. The van der Waals surface area contributed by atoms with Gasteiger partial charge in [-0.3, -0.25) is 19.2 Å². The molecule has 0 fully saturated rings. The molecule has 0 saturated heterocycles. The quantitative estimate of drug-likeness (QED) is 0.236. The molecule has 178 valence electrons. The second kappa shape index (κ2) is 9.23. The zero-order valence-corrected chi connectivity index (χ0v) is 20.0. The van der Waals surface area contributed by atoms with E-state index in [-0.39, 0.29) is 22.4 Å². The summed E-state index contributed by atoms with van der Waals surface area (Å²) in [5, 5.41) is 0.826. The fourth-order valence-electron chi connectivity index (χ4n) is 4.59. The molecule has 3 aromatic carbocycles. The average Bonchev–Trinajstić information content (AvgIpc) is 2.91. The summed E-state index contributed by atoms with van der Waals surface area (Å²) in [5.41, 5.74) is 3.95. The minimum absolute atomic E-state index is 0.0177. The van der Waals surface area contributed by atoms with Crippen molar-refractivity contribution in [1.82, 2.24) is 9.97 Å². The topological polar surface area (TPSA) is 99.9 Å². The van der Waals surface area contributed by atoms with Gasteiger partial charge in [0.25, 0.3) is 0 Å². The van der Waals surface area contributed by atoms with Crippen molar-refractivity contribution in [2.45, 2.75) is 26.7 Å². The van der Waals surface area contributed by atoms with Crippen molar-refractivity contribution in [2.24, 2.45) is 0 Å². The largest absolute Gasteiger partial charge is 0.354 e. The fourth-order valence-corrected chi connectivity index (χ4v) is 4.59. The molecule has 2 aromatic heterocycles. The van der Waals surface area contributed by atoms with E-state index in [2.05, 4.69) is 9.97 Å². The highest BCUT2D eigenvalue weighted by molar-refractivity contribution is 6.04. The number of pyridine rings is 2. The first kappa shape index (κ1) is 23.2. The Hall–Kier alpha value is -4.58. The maximum atomic E-state index is 13.1. The van der Waals surface area contributed by atoms with E-state index in [1.807, 2.05) is 12.1 Å². The Kier molecular flexibility index (Phi) is 5.94. The van der Waals surface area contributed by atoms with Crippen LogP contribution in [0, 0.1) is 0 Å². The molecule has 0 aliphatic carbocycles. The van der Waals surface area contributed by atoms with E-state index in [1.165, 1.54) is 12.1 Å². The molecular formula is C30H24N2O4. The highest BCUT2D eigenvalue weighted by Gasteiger charge is 2.16. The summed E-state index contributed by atoms with van der Waals surface area (Å²) in [4.78, 5) is 57.7. The number of hydrogen-bond acceptors (Lipinski definition) is 4. The first-order valence-corrected chi connectivity index (χ1v) is 11.9. The summed E-state index contributed by atoms with van der Waals surface area (Å²) in [7, 11) is 0. The summed E-state index contributed by atoms with van der Waals surface area (Å²) in [6.07, 6.45) is 0.703. The molecule has 0 unspecified atom stereocenters. The zero-order chi connectivity index (χ0) is 25.4. The van der Waals surface area contributed by atoms with E-state index in [0.29, 0.717) is 68.3 Å². The summed E-state index contributed by atoms with van der Waals surface area (Å²) in [5.74, 6) is -0.0354. The van der Waals surface area contributed by atoms with Crippen molar-refractivity contribution < 1.29 is 9.59 Å². The first-order valence-electron chi connectivity index (χ1n) is 11.9. The third kappa shape index (κ3) is 3.96.